The lowest BCUT2D eigenvalue weighted by atomic mass is 9.68. The number of nitrogens with zero attached hydrogens (tertiary/aromatic N) is 16. The number of benzene rings is 8. The van der Waals surface area contributed by atoms with Crippen LogP contribution in [0.25, 0.3) is 110 Å². The first-order chi connectivity index (χ1) is 67.7. The lowest BCUT2D eigenvalue weighted by Crippen LogP contribution is -2.77. The molecule has 0 N–H and O–H groups in total. The predicted octanol–water partition coefficient (Wildman–Crippen LogP) is 23.9. The number of anilines is 6. The minimum atomic E-state index is -1.99. The van der Waals surface area contributed by atoms with E-state index in [9.17, 15) is 2.74 Å². The van der Waals surface area contributed by atoms with Gasteiger partial charge >= 0.3 is 0 Å². The van der Waals surface area contributed by atoms with E-state index in [1.807, 2.05) is 147 Å². The van der Waals surface area contributed by atoms with E-state index >= 15 is 0 Å². The van der Waals surface area contributed by atoms with Gasteiger partial charge in [-0.1, -0.05) is 121 Å². The van der Waals surface area contributed by atoms with Gasteiger partial charge in [0.25, 0.3) is 0 Å². The second kappa shape index (κ2) is 34.9. The predicted molar refractivity (Wildman–Crippen MR) is 548 cm³/mol. The molecule has 0 saturated carbocycles. The summed E-state index contributed by atoms with van der Waals surface area (Å²) in [6.45, 7) is 35.5. The first-order valence-corrected chi connectivity index (χ1v) is 47.2. The highest BCUT2D eigenvalue weighted by Gasteiger charge is 2.56. The number of hydrogen-bond donors (Lipinski definition) is 0. The molecule has 21 heteroatoms. The average molecular weight is 1790 g/mol. The van der Waals surface area contributed by atoms with Crippen molar-refractivity contribution in [3.63, 3.8) is 0 Å². The fourth-order valence-corrected chi connectivity index (χ4v) is 21.6. The first kappa shape index (κ1) is 78.7. The monoisotopic (exact) mass is 1790 g/mol. The van der Waals surface area contributed by atoms with E-state index < -0.39 is 31.9 Å². The van der Waals surface area contributed by atoms with E-state index in [0.717, 1.165) is 196 Å². The van der Waals surface area contributed by atoms with Gasteiger partial charge in [0.15, 0.2) is 22.3 Å². The minimum Gasteiger partial charge on any atom is -0.437 e. The van der Waals surface area contributed by atoms with Crippen LogP contribution >= 0.6 is 0 Å². The van der Waals surface area contributed by atoms with Gasteiger partial charge in [0, 0.05) is 172 Å². The van der Waals surface area contributed by atoms with Crippen LogP contribution < -0.4 is 24.5 Å². The fraction of sp³-hybridized carbons (Fsp3) is 0.354. The third kappa shape index (κ3) is 15.4. The highest BCUT2D eigenvalue weighted by molar-refractivity contribution is 6.13. The second-order valence-corrected chi connectivity index (χ2v) is 38.2. The Balaban J connectivity index is 0.000000105. The summed E-state index contributed by atoms with van der Waals surface area (Å²) in [5.74, 6) is 0. The maximum atomic E-state index is 9.22. The van der Waals surface area contributed by atoms with Crippen LogP contribution in [0.15, 0.2) is 216 Å². The summed E-state index contributed by atoms with van der Waals surface area (Å²) in [5.41, 5.74) is 26.7. The van der Waals surface area contributed by atoms with Crippen LogP contribution in [0.1, 0.15) is 143 Å². The Bertz CT molecular complexity index is 8010. The standard InChI is InChI=1S/3C24H25N3O.C21H24N4O.C20H25N3O/c1-15-9-11-20-21-12-10-16(2)25-24(21)28-23(20)22(15)27-14-19-8-6-5-7-18(19)13-26(4)17(27)3;1-15-9-11-19-20-12-10-16(2)25-24(20)28-23(19)22(15)27-14-13-18-7-5-6-8-21(18)26(4)17(27)3;1-15-9-11-19-20-12-10-16(2)25-24(20)28-23(19)22(15)27-17(3)26(4)14-13-18-7-5-6-8-21(18)27;1-13-4-6-16-17-7-5-14(2)22-20(17)26-19(16)18(13)21-8-23-10-24(9-21)12-25(11-23)15(21)3;1-13-7-9-16-17-10-8-14(2)21-20(17)24-19(16)18(13)23-12-6-5-11-22(4)15(23)3/h3*5-12,17H,13-14H2,1-4H3;4-7,15H,8-12H2,1-3H3;7-10,15H,5-6,11-12H2,1-4H3/i13D2,14D2;2*13D2;;. The number of aromatic nitrogens is 5. The zero-order valence-corrected chi connectivity index (χ0v) is 80.3. The molecule has 18 aromatic rings. The molecule has 21 nitrogen and oxygen atoms in total. The minimum absolute atomic E-state index is 0.0593. The van der Waals surface area contributed by atoms with Gasteiger partial charge in [0.2, 0.25) is 28.6 Å². The van der Waals surface area contributed by atoms with Crippen LogP contribution in [-0.2, 0) is 31.2 Å². The Hall–Kier alpha value is -12.7. The van der Waals surface area contributed by atoms with Crippen LogP contribution in [0.5, 0.6) is 0 Å². The van der Waals surface area contributed by atoms with Crippen LogP contribution in [0, 0.1) is 69.2 Å². The topological polar surface area (TPSA) is 166 Å². The lowest BCUT2D eigenvalue weighted by Gasteiger charge is -2.64. The molecular formula is C113H124N16O5. The Labute approximate surface area is 796 Å². The molecule has 8 aliphatic rings. The zero-order valence-electron chi connectivity index (χ0n) is 88.3. The number of rotatable bonds is 5. The van der Waals surface area contributed by atoms with Crippen molar-refractivity contribution in [3.8, 4) is 0 Å². The normalized spacial score (nSPS) is 23.9. The molecule has 4 bridgehead atoms. The van der Waals surface area contributed by atoms with Crippen molar-refractivity contribution in [1.82, 2.24) is 54.3 Å². The van der Waals surface area contributed by atoms with Crippen molar-refractivity contribution in [2.75, 3.05) is 112 Å². The van der Waals surface area contributed by atoms with Gasteiger partial charge in [0.05, 0.1) is 70.2 Å². The SMILES string of the molecule is Cc1ccc2c(n1)oc1c(C34CN5CN(CN(C5)C3C)C4)c(C)ccc12.Cc1ccc2c(n1)oc1c(N3CCCCN(C)C3C)c(C)ccc12.[2H]C1([2H])CN(C)C(C)N(c2c(C)ccc3c2oc2nc(C)ccc23)c2ccccc21.[2H]C1([2H])CN(c2c(C)ccc3c2oc2nc(C)ccc23)C(C)N(C)c2ccccc21.[2H]C1([2H])c2ccccc2C([2H])([2H])N(c2c(C)ccc3c2oc2nc(C)ccc23)C(C)N1C. The van der Waals surface area contributed by atoms with Gasteiger partial charge in [-0.05, 0) is 280 Å². The van der Waals surface area contributed by atoms with Gasteiger partial charge < -0.3 is 46.6 Å². The van der Waals surface area contributed by atoms with Crippen LogP contribution in [-0.4, -0.2) is 172 Å². The highest BCUT2D eigenvalue weighted by Crippen LogP contribution is 2.51. The number of aryl methyl sites for hydroxylation is 10. The maximum absolute atomic E-state index is 9.22. The molecule has 0 amide bonds. The van der Waals surface area contributed by atoms with Crippen molar-refractivity contribution in [2.24, 2.45) is 0 Å². The third-order valence-corrected chi connectivity index (χ3v) is 29.3. The Morgan fingerprint density at radius 1 is 0.313 bits per heavy atom. The molecule has 5 saturated heterocycles. The number of pyridine rings is 5. The molecule has 7 atom stereocenters. The molecule has 0 spiro atoms. The Kier molecular flexibility index (Phi) is 20.5. The largest absolute Gasteiger partial charge is 0.437 e. The summed E-state index contributed by atoms with van der Waals surface area (Å²) >= 11 is 0. The van der Waals surface area contributed by atoms with Gasteiger partial charge in [-0.25, -0.2) is 24.9 Å². The number of furan rings is 5. The van der Waals surface area contributed by atoms with E-state index in [1.54, 1.807) is 41.1 Å². The molecule has 18 heterocycles. The van der Waals surface area contributed by atoms with Crippen molar-refractivity contribution in [1.29, 1.82) is 0 Å². The highest BCUT2D eigenvalue weighted by atomic mass is 16.4. The molecule has 8 aliphatic heterocycles. The quantitative estimate of drug-likeness (QED) is 0.159. The molecule has 10 aromatic heterocycles. The van der Waals surface area contributed by atoms with Gasteiger partial charge in [0.1, 0.15) is 5.58 Å². The summed E-state index contributed by atoms with van der Waals surface area (Å²) in [7, 11) is 7.90. The first-order valence-electron chi connectivity index (χ1n) is 51.2. The van der Waals surface area contributed by atoms with Gasteiger partial charge in [-0.2, -0.15) is 0 Å². The van der Waals surface area contributed by atoms with Crippen LogP contribution in [0.3, 0.4) is 0 Å². The van der Waals surface area contributed by atoms with Crippen molar-refractivity contribution >= 4 is 144 Å². The van der Waals surface area contributed by atoms with E-state index in [4.69, 9.17) is 30.3 Å². The second-order valence-electron chi connectivity index (χ2n) is 38.2. The third-order valence-electron chi connectivity index (χ3n) is 29.3. The Morgan fingerprint density at radius 3 is 1.14 bits per heavy atom. The molecule has 0 aliphatic carbocycles. The van der Waals surface area contributed by atoms with E-state index in [-0.39, 0.29) is 24.3 Å². The molecule has 5 fully saturated rings. The van der Waals surface area contributed by atoms with E-state index in [0.29, 0.717) is 69.4 Å². The van der Waals surface area contributed by atoms with E-state index in [2.05, 4.69) is 216 Å². The van der Waals surface area contributed by atoms with Gasteiger partial charge in [-0.15, -0.1) is 0 Å². The Morgan fingerprint density at radius 2 is 0.664 bits per heavy atom. The molecular weight excluding hydrogens is 1660 g/mol. The summed E-state index contributed by atoms with van der Waals surface area (Å²) in [4.78, 5) is 47.4. The van der Waals surface area contributed by atoms with Crippen LogP contribution in [0.2, 0.25) is 0 Å². The molecule has 8 aromatic carbocycles. The smallest absolute Gasteiger partial charge is 0.227 e. The van der Waals surface area contributed by atoms with Crippen molar-refractivity contribution in [3.05, 3.63) is 278 Å². The fourth-order valence-electron chi connectivity index (χ4n) is 21.6. The van der Waals surface area contributed by atoms with Crippen molar-refractivity contribution in [2.45, 2.75) is 179 Å². The molecule has 0 radical (unpaired) electrons. The number of likely N-dealkylation sites (N-methyl/N-ethyl adjacent to an activating group) is 1. The number of para-hydroxylation sites is 2. The molecule has 134 heavy (non-hydrogen) atoms. The summed E-state index contributed by atoms with van der Waals surface area (Å²) in [6.07, 6.45) is -0.880. The van der Waals surface area contributed by atoms with Crippen molar-refractivity contribution < 1.29 is 33.1 Å². The maximum Gasteiger partial charge on any atom is 0.227 e. The van der Waals surface area contributed by atoms with Gasteiger partial charge in [-0.3, -0.25) is 29.4 Å². The molecule has 686 valence electrons. The lowest BCUT2D eigenvalue weighted by molar-refractivity contribution is -0.172. The summed E-state index contributed by atoms with van der Waals surface area (Å²) in [6, 6.07) is 64.5. The van der Waals surface area contributed by atoms with Crippen LogP contribution in [0.4, 0.5) is 34.1 Å². The number of fused-ring (bicyclic) bond motifs is 18. The molecule has 7 unspecified atom stereocenters. The number of hydrogen-bond acceptors (Lipinski definition) is 21. The van der Waals surface area contributed by atoms with E-state index in [1.165, 1.54) is 40.6 Å². The summed E-state index contributed by atoms with van der Waals surface area (Å²) < 4.78 is 103. The average Bonchev–Trinajstić information content (AvgIpc) is 1.21. The molecule has 26 rings (SSSR count). The summed E-state index contributed by atoms with van der Waals surface area (Å²) in [5, 5.41) is 10.4. The zero-order chi connectivity index (χ0) is 99.9.